The second-order valence-electron chi connectivity index (χ2n) is 4.95. The zero-order valence-electron chi connectivity index (χ0n) is 13.9. The number of halogens is 1. The van der Waals surface area contributed by atoms with E-state index in [0.29, 0.717) is 29.4 Å². The van der Waals surface area contributed by atoms with Crippen molar-refractivity contribution in [2.24, 2.45) is 0 Å². The number of amides is 1. The fourth-order valence-electron chi connectivity index (χ4n) is 2.12. The first-order chi connectivity index (χ1) is 12.1. The second kappa shape index (κ2) is 9.08. The van der Waals surface area contributed by atoms with Crippen molar-refractivity contribution in [2.45, 2.75) is 6.92 Å². The predicted octanol–water partition coefficient (Wildman–Crippen LogP) is 4.24. The number of anilines is 1. The number of carbonyl (C=O) groups is 1. The molecular formula is C19H17IN2O3. The highest BCUT2D eigenvalue weighted by atomic mass is 127. The van der Waals surface area contributed by atoms with Gasteiger partial charge in [0.1, 0.15) is 11.6 Å². The molecule has 128 valence electrons. The van der Waals surface area contributed by atoms with Crippen LogP contribution in [0.4, 0.5) is 5.69 Å². The lowest BCUT2D eigenvalue weighted by Crippen LogP contribution is -2.14. The monoisotopic (exact) mass is 448 g/mol. The van der Waals surface area contributed by atoms with Crippen LogP contribution in [0.15, 0.2) is 48.0 Å². The highest BCUT2D eigenvalue weighted by Crippen LogP contribution is 2.29. The number of nitriles is 1. The molecule has 2 rings (SSSR count). The Balaban J connectivity index is 2.28. The van der Waals surface area contributed by atoms with Crippen LogP contribution in [-0.2, 0) is 4.79 Å². The van der Waals surface area contributed by atoms with Crippen LogP contribution in [-0.4, -0.2) is 19.6 Å². The van der Waals surface area contributed by atoms with Crippen LogP contribution in [0.25, 0.3) is 6.08 Å². The van der Waals surface area contributed by atoms with Gasteiger partial charge in [0.05, 0.1) is 19.4 Å². The van der Waals surface area contributed by atoms with Crippen molar-refractivity contribution < 1.29 is 14.3 Å². The topological polar surface area (TPSA) is 71.3 Å². The number of nitrogens with zero attached hydrogens (tertiary/aromatic N) is 1. The first kappa shape index (κ1) is 18.8. The number of carbonyl (C=O) groups excluding carboxylic acids is 1. The van der Waals surface area contributed by atoms with Gasteiger partial charge >= 0.3 is 0 Å². The van der Waals surface area contributed by atoms with Gasteiger partial charge in [0, 0.05) is 3.57 Å². The van der Waals surface area contributed by atoms with Crippen LogP contribution in [0.3, 0.4) is 0 Å². The number of methoxy groups -OCH3 is 1. The van der Waals surface area contributed by atoms with Crippen molar-refractivity contribution in [3.63, 3.8) is 0 Å². The van der Waals surface area contributed by atoms with Gasteiger partial charge in [-0.15, -0.1) is 0 Å². The van der Waals surface area contributed by atoms with Gasteiger partial charge in [0.25, 0.3) is 5.91 Å². The highest BCUT2D eigenvalue weighted by Gasteiger charge is 2.12. The van der Waals surface area contributed by atoms with E-state index in [-0.39, 0.29) is 5.57 Å². The maximum absolute atomic E-state index is 12.4. The molecule has 0 radical (unpaired) electrons. The van der Waals surface area contributed by atoms with Crippen LogP contribution < -0.4 is 14.8 Å². The largest absolute Gasteiger partial charge is 0.493 e. The van der Waals surface area contributed by atoms with E-state index >= 15 is 0 Å². The van der Waals surface area contributed by atoms with Gasteiger partial charge in [0.2, 0.25) is 0 Å². The Kier molecular flexibility index (Phi) is 6.83. The number of hydrogen-bond donors (Lipinski definition) is 1. The van der Waals surface area contributed by atoms with Crippen LogP contribution in [0, 0.1) is 14.9 Å². The number of hydrogen-bond acceptors (Lipinski definition) is 4. The van der Waals surface area contributed by atoms with Crippen molar-refractivity contribution in [3.8, 4) is 17.6 Å². The summed E-state index contributed by atoms with van der Waals surface area (Å²) < 4.78 is 11.6. The number of para-hydroxylation sites is 1. The van der Waals surface area contributed by atoms with Gasteiger partial charge in [0.15, 0.2) is 11.5 Å². The molecule has 5 nitrogen and oxygen atoms in total. The Labute approximate surface area is 160 Å². The Morgan fingerprint density at radius 1 is 1.28 bits per heavy atom. The van der Waals surface area contributed by atoms with Crippen molar-refractivity contribution in [2.75, 3.05) is 19.0 Å². The molecule has 0 aliphatic carbocycles. The van der Waals surface area contributed by atoms with Crippen LogP contribution in [0.1, 0.15) is 12.5 Å². The average Bonchev–Trinajstić information content (AvgIpc) is 2.62. The van der Waals surface area contributed by atoms with E-state index in [1.807, 2.05) is 31.2 Å². The summed E-state index contributed by atoms with van der Waals surface area (Å²) in [5, 5.41) is 12.1. The standard InChI is InChI=1S/C19H17IN2O3/c1-3-25-18-11-13(8-9-17(18)24-2)10-14(12-21)19(23)22-16-7-5-4-6-15(16)20/h4-11H,3H2,1-2H3,(H,22,23). The Hall–Kier alpha value is -2.53. The third-order valence-electron chi connectivity index (χ3n) is 3.29. The summed E-state index contributed by atoms with van der Waals surface area (Å²) in [5.74, 6) is 0.704. The summed E-state index contributed by atoms with van der Waals surface area (Å²) in [5.41, 5.74) is 1.35. The molecule has 0 aliphatic rings. The van der Waals surface area contributed by atoms with Crippen molar-refractivity contribution in [3.05, 3.63) is 57.2 Å². The average molecular weight is 448 g/mol. The Morgan fingerprint density at radius 2 is 2.04 bits per heavy atom. The summed E-state index contributed by atoms with van der Waals surface area (Å²) in [4.78, 5) is 12.4. The molecule has 0 spiro atoms. The molecular weight excluding hydrogens is 431 g/mol. The SMILES string of the molecule is CCOc1cc(C=C(C#N)C(=O)Nc2ccccc2I)ccc1OC. The minimum Gasteiger partial charge on any atom is -0.493 e. The molecule has 0 saturated carbocycles. The lowest BCUT2D eigenvalue weighted by atomic mass is 10.1. The third kappa shape index (κ3) is 4.97. The summed E-state index contributed by atoms with van der Waals surface area (Å²) in [6.07, 6.45) is 1.52. The molecule has 0 atom stereocenters. The zero-order chi connectivity index (χ0) is 18.2. The van der Waals surface area contributed by atoms with E-state index in [2.05, 4.69) is 27.9 Å². The molecule has 6 heteroatoms. The quantitative estimate of drug-likeness (QED) is 0.408. The maximum atomic E-state index is 12.4. The van der Waals surface area contributed by atoms with Gasteiger partial charge in [-0.1, -0.05) is 18.2 Å². The Morgan fingerprint density at radius 3 is 2.68 bits per heavy atom. The molecule has 0 fully saturated rings. The van der Waals surface area contributed by atoms with Gasteiger partial charge in [-0.2, -0.15) is 5.26 Å². The third-order valence-corrected chi connectivity index (χ3v) is 4.23. The lowest BCUT2D eigenvalue weighted by molar-refractivity contribution is -0.112. The van der Waals surface area contributed by atoms with E-state index in [9.17, 15) is 10.1 Å². The molecule has 1 amide bonds. The molecule has 25 heavy (non-hydrogen) atoms. The molecule has 2 aromatic rings. The van der Waals surface area contributed by atoms with E-state index < -0.39 is 5.91 Å². The molecule has 0 aliphatic heterocycles. The first-order valence-corrected chi connectivity index (χ1v) is 8.65. The van der Waals surface area contributed by atoms with E-state index in [4.69, 9.17) is 9.47 Å². The number of benzene rings is 2. The zero-order valence-corrected chi connectivity index (χ0v) is 16.0. The van der Waals surface area contributed by atoms with E-state index in [1.165, 1.54) is 6.08 Å². The molecule has 0 heterocycles. The van der Waals surface area contributed by atoms with Crippen molar-refractivity contribution in [1.82, 2.24) is 0 Å². The second-order valence-corrected chi connectivity index (χ2v) is 6.11. The normalized spacial score (nSPS) is 10.7. The number of rotatable bonds is 6. The van der Waals surface area contributed by atoms with Gasteiger partial charge in [-0.3, -0.25) is 4.79 Å². The summed E-state index contributed by atoms with van der Waals surface area (Å²) in [6, 6.07) is 14.6. The fraction of sp³-hybridized carbons (Fsp3) is 0.158. The van der Waals surface area contributed by atoms with Crippen LogP contribution >= 0.6 is 22.6 Å². The molecule has 0 aromatic heterocycles. The number of nitrogens with one attached hydrogen (secondary N) is 1. The fourth-order valence-corrected chi connectivity index (χ4v) is 2.64. The van der Waals surface area contributed by atoms with E-state index in [0.717, 1.165) is 3.57 Å². The minimum atomic E-state index is -0.458. The molecule has 0 bridgehead atoms. The van der Waals surface area contributed by atoms with E-state index in [1.54, 1.807) is 31.4 Å². The van der Waals surface area contributed by atoms with Gasteiger partial charge in [-0.25, -0.2) is 0 Å². The highest BCUT2D eigenvalue weighted by molar-refractivity contribution is 14.1. The Bertz CT molecular complexity index is 841. The van der Waals surface area contributed by atoms with Crippen LogP contribution in [0.2, 0.25) is 0 Å². The smallest absolute Gasteiger partial charge is 0.266 e. The van der Waals surface area contributed by atoms with Crippen molar-refractivity contribution in [1.29, 1.82) is 5.26 Å². The lowest BCUT2D eigenvalue weighted by Gasteiger charge is -2.10. The maximum Gasteiger partial charge on any atom is 0.266 e. The van der Waals surface area contributed by atoms with Crippen molar-refractivity contribution >= 4 is 40.3 Å². The predicted molar refractivity (Wildman–Crippen MR) is 106 cm³/mol. The number of ether oxygens (including phenoxy) is 2. The minimum absolute atomic E-state index is 0.00673. The molecule has 0 saturated heterocycles. The van der Waals surface area contributed by atoms with Gasteiger partial charge < -0.3 is 14.8 Å². The molecule has 2 aromatic carbocycles. The van der Waals surface area contributed by atoms with Crippen LogP contribution in [0.5, 0.6) is 11.5 Å². The summed E-state index contributed by atoms with van der Waals surface area (Å²) in [6.45, 7) is 2.36. The first-order valence-electron chi connectivity index (χ1n) is 7.57. The summed E-state index contributed by atoms with van der Waals surface area (Å²) in [7, 11) is 1.56. The summed E-state index contributed by atoms with van der Waals surface area (Å²) >= 11 is 2.13. The molecule has 0 unspecified atom stereocenters. The van der Waals surface area contributed by atoms with Gasteiger partial charge in [-0.05, 0) is 65.4 Å². The molecule has 1 N–H and O–H groups in total.